The fourth-order valence-corrected chi connectivity index (χ4v) is 1.43. The number of nitrogen functional groups attached to an aromatic ring is 1. The van der Waals surface area contributed by atoms with Crippen LogP contribution in [0.4, 0.5) is 17.6 Å². The van der Waals surface area contributed by atoms with E-state index in [9.17, 15) is 0 Å². The molecule has 0 aliphatic carbocycles. The van der Waals surface area contributed by atoms with E-state index in [2.05, 4.69) is 27.5 Å². The second-order valence-corrected chi connectivity index (χ2v) is 4.03. The molecule has 0 aliphatic rings. The molecule has 0 aromatic carbocycles. The Labute approximate surface area is 102 Å². The first-order valence-corrected chi connectivity index (χ1v) is 5.88. The van der Waals surface area contributed by atoms with E-state index in [-0.39, 0.29) is 12.6 Å². The smallest absolute Gasteiger partial charge is 0.223 e. The Morgan fingerprint density at radius 3 is 2.59 bits per heavy atom. The third kappa shape index (κ3) is 4.86. The molecule has 0 amide bonds. The van der Waals surface area contributed by atoms with Crippen LogP contribution in [-0.4, -0.2) is 34.8 Å². The fourth-order valence-electron chi connectivity index (χ4n) is 1.43. The van der Waals surface area contributed by atoms with E-state index >= 15 is 0 Å². The van der Waals surface area contributed by atoms with E-state index < -0.39 is 0 Å². The fraction of sp³-hybridized carbons (Fsp3) is 0.636. The summed E-state index contributed by atoms with van der Waals surface area (Å²) < 4.78 is 0. The van der Waals surface area contributed by atoms with Gasteiger partial charge in [0.15, 0.2) is 0 Å². The van der Waals surface area contributed by atoms with Crippen molar-refractivity contribution in [2.24, 2.45) is 5.92 Å². The van der Waals surface area contributed by atoms with Gasteiger partial charge >= 0.3 is 0 Å². The summed E-state index contributed by atoms with van der Waals surface area (Å²) in [5.74, 6) is 2.06. The molecule has 96 valence electrons. The van der Waals surface area contributed by atoms with Crippen molar-refractivity contribution in [3.05, 3.63) is 6.07 Å². The van der Waals surface area contributed by atoms with Crippen LogP contribution in [0.15, 0.2) is 6.07 Å². The van der Waals surface area contributed by atoms with Gasteiger partial charge in [0.25, 0.3) is 0 Å². The molecule has 0 radical (unpaired) electrons. The highest BCUT2D eigenvalue weighted by molar-refractivity contribution is 5.50. The highest BCUT2D eigenvalue weighted by Crippen LogP contribution is 2.13. The quantitative estimate of drug-likeness (QED) is 0.565. The first-order chi connectivity index (χ1) is 8.15. The molecule has 1 aromatic rings. The maximum absolute atomic E-state index is 8.81. The molecule has 1 aromatic heterocycles. The molecule has 1 heterocycles. The molecule has 17 heavy (non-hydrogen) atoms. The van der Waals surface area contributed by atoms with E-state index in [1.807, 2.05) is 13.0 Å². The van der Waals surface area contributed by atoms with Crippen LogP contribution >= 0.6 is 0 Å². The number of aliphatic hydroxyl groups is 1. The summed E-state index contributed by atoms with van der Waals surface area (Å²) in [6, 6.07) is 1.82. The van der Waals surface area contributed by atoms with Gasteiger partial charge in [-0.3, -0.25) is 0 Å². The minimum atomic E-state index is 0.206. The van der Waals surface area contributed by atoms with E-state index in [0.717, 1.165) is 25.3 Å². The van der Waals surface area contributed by atoms with Gasteiger partial charge in [-0.1, -0.05) is 6.92 Å². The molecule has 0 saturated carbocycles. The number of nitrogens with one attached hydrogen (secondary N) is 2. The SMILES string of the molecule is CCNc1cc(NCC(C)CCO)nc(N)n1. The number of nitrogens with zero attached hydrogens (tertiary/aromatic N) is 2. The first kappa shape index (κ1) is 13.5. The normalized spacial score (nSPS) is 12.2. The van der Waals surface area contributed by atoms with E-state index in [4.69, 9.17) is 10.8 Å². The molecule has 0 fully saturated rings. The van der Waals surface area contributed by atoms with Crippen molar-refractivity contribution in [3.63, 3.8) is 0 Å². The lowest BCUT2D eigenvalue weighted by molar-refractivity contribution is 0.266. The molecular formula is C11H21N5O. The average molecular weight is 239 g/mol. The Balaban J connectivity index is 2.57. The number of rotatable bonds is 7. The van der Waals surface area contributed by atoms with Crippen LogP contribution in [0.3, 0.4) is 0 Å². The number of aliphatic hydroxyl groups excluding tert-OH is 1. The van der Waals surface area contributed by atoms with Gasteiger partial charge in [0.1, 0.15) is 11.6 Å². The molecular weight excluding hydrogens is 218 g/mol. The van der Waals surface area contributed by atoms with Gasteiger partial charge in [-0.25, -0.2) is 0 Å². The average Bonchev–Trinajstić information content (AvgIpc) is 2.26. The van der Waals surface area contributed by atoms with Crippen LogP contribution in [-0.2, 0) is 0 Å². The molecule has 1 rings (SSSR count). The monoisotopic (exact) mass is 239 g/mol. The van der Waals surface area contributed by atoms with Crippen molar-refractivity contribution < 1.29 is 5.11 Å². The molecule has 5 N–H and O–H groups in total. The lowest BCUT2D eigenvalue weighted by Crippen LogP contribution is -2.14. The minimum absolute atomic E-state index is 0.206. The van der Waals surface area contributed by atoms with Crippen LogP contribution in [0.5, 0.6) is 0 Å². The molecule has 6 nitrogen and oxygen atoms in total. The van der Waals surface area contributed by atoms with Gasteiger partial charge < -0.3 is 21.5 Å². The Morgan fingerprint density at radius 2 is 2.00 bits per heavy atom. The summed E-state index contributed by atoms with van der Waals surface area (Å²) in [5, 5.41) is 15.1. The number of hydrogen-bond acceptors (Lipinski definition) is 6. The molecule has 0 saturated heterocycles. The van der Waals surface area contributed by atoms with Crippen LogP contribution in [0.1, 0.15) is 20.3 Å². The third-order valence-electron chi connectivity index (χ3n) is 2.35. The predicted molar refractivity (Wildman–Crippen MR) is 70.0 cm³/mol. The molecule has 1 atom stereocenters. The van der Waals surface area contributed by atoms with Crippen molar-refractivity contribution in [3.8, 4) is 0 Å². The summed E-state index contributed by atoms with van der Waals surface area (Å²) in [4.78, 5) is 8.16. The zero-order chi connectivity index (χ0) is 12.7. The second kappa shape index (κ2) is 6.90. The lowest BCUT2D eigenvalue weighted by atomic mass is 10.1. The van der Waals surface area contributed by atoms with Gasteiger partial charge in [0.05, 0.1) is 0 Å². The predicted octanol–water partition coefficient (Wildman–Crippen LogP) is 0.921. The largest absolute Gasteiger partial charge is 0.396 e. The number of nitrogens with two attached hydrogens (primary N) is 1. The van der Waals surface area contributed by atoms with Gasteiger partial charge in [-0.2, -0.15) is 9.97 Å². The van der Waals surface area contributed by atoms with Crippen molar-refractivity contribution >= 4 is 17.6 Å². The van der Waals surface area contributed by atoms with Gasteiger partial charge in [-0.05, 0) is 19.3 Å². The third-order valence-corrected chi connectivity index (χ3v) is 2.35. The molecule has 1 unspecified atom stereocenters. The van der Waals surface area contributed by atoms with Gasteiger partial charge in [0.2, 0.25) is 5.95 Å². The summed E-state index contributed by atoms with van der Waals surface area (Å²) in [7, 11) is 0. The minimum Gasteiger partial charge on any atom is -0.396 e. The van der Waals surface area contributed by atoms with Gasteiger partial charge in [0, 0.05) is 25.8 Å². The molecule has 0 spiro atoms. The van der Waals surface area contributed by atoms with Crippen LogP contribution in [0.25, 0.3) is 0 Å². The van der Waals surface area contributed by atoms with Crippen molar-refractivity contribution in [2.45, 2.75) is 20.3 Å². The topological polar surface area (TPSA) is 96.1 Å². The maximum Gasteiger partial charge on any atom is 0.223 e. The van der Waals surface area contributed by atoms with Crippen LogP contribution < -0.4 is 16.4 Å². The Bertz CT molecular complexity index is 345. The Morgan fingerprint density at radius 1 is 1.35 bits per heavy atom. The highest BCUT2D eigenvalue weighted by Gasteiger charge is 2.04. The summed E-state index contributed by atoms with van der Waals surface area (Å²) in [6.07, 6.45) is 0.771. The first-order valence-electron chi connectivity index (χ1n) is 5.88. The standard InChI is InChI=1S/C11H21N5O/c1-3-13-9-6-10(16-11(12)15-9)14-7-8(2)4-5-17/h6,8,17H,3-5,7H2,1-2H3,(H4,12,13,14,15,16). The van der Waals surface area contributed by atoms with E-state index in [0.29, 0.717) is 11.7 Å². The van der Waals surface area contributed by atoms with E-state index in [1.54, 1.807) is 0 Å². The van der Waals surface area contributed by atoms with Crippen molar-refractivity contribution in [1.29, 1.82) is 0 Å². The highest BCUT2D eigenvalue weighted by atomic mass is 16.3. The number of aromatic nitrogens is 2. The zero-order valence-electron chi connectivity index (χ0n) is 10.4. The zero-order valence-corrected chi connectivity index (χ0v) is 10.4. The van der Waals surface area contributed by atoms with E-state index in [1.165, 1.54) is 0 Å². The Hall–Kier alpha value is -1.56. The van der Waals surface area contributed by atoms with Crippen LogP contribution in [0.2, 0.25) is 0 Å². The number of anilines is 3. The summed E-state index contributed by atoms with van der Waals surface area (Å²) in [5.41, 5.74) is 5.61. The van der Waals surface area contributed by atoms with Crippen LogP contribution in [0, 0.1) is 5.92 Å². The summed E-state index contributed by atoms with van der Waals surface area (Å²) >= 11 is 0. The van der Waals surface area contributed by atoms with Gasteiger partial charge in [-0.15, -0.1) is 0 Å². The molecule has 0 bridgehead atoms. The maximum atomic E-state index is 8.81. The molecule has 0 aliphatic heterocycles. The second-order valence-electron chi connectivity index (χ2n) is 4.03. The molecule has 6 heteroatoms. The van der Waals surface area contributed by atoms with Crippen molar-refractivity contribution in [2.75, 3.05) is 36.1 Å². The van der Waals surface area contributed by atoms with Crippen molar-refractivity contribution in [1.82, 2.24) is 9.97 Å². The Kier molecular flexibility index (Phi) is 5.48. The summed E-state index contributed by atoms with van der Waals surface area (Å²) in [6.45, 7) is 5.81. The lowest BCUT2D eigenvalue weighted by Gasteiger charge is -2.12. The number of hydrogen-bond donors (Lipinski definition) is 4.